The van der Waals surface area contributed by atoms with Gasteiger partial charge < -0.3 is 14.6 Å². The molecule has 1 aliphatic rings. The molecule has 5 nitrogen and oxygen atoms in total. The monoisotopic (exact) mass is 175 g/mol. The number of aliphatic carboxylic acids is 1. The summed E-state index contributed by atoms with van der Waals surface area (Å²) in [5, 5.41) is 11.5. The van der Waals surface area contributed by atoms with E-state index in [9.17, 15) is 4.79 Å². The number of ether oxygens (including phenoxy) is 2. The summed E-state index contributed by atoms with van der Waals surface area (Å²) >= 11 is 0. The first-order chi connectivity index (χ1) is 5.63. The van der Waals surface area contributed by atoms with Crippen LogP contribution in [0.4, 0.5) is 0 Å². The zero-order chi connectivity index (χ0) is 9.19. The lowest BCUT2D eigenvalue weighted by atomic mass is 10.1. The molecule has 0 saturated carbocycles. The highest BCUT2D eigenvalue weighted by atomic mass is 16.7. The van der Waals surface area contributed by atoms with Gasteiger partial charge in [-0.25, -0.2) is 0 Å². The maximum Gasteiger partial charge on any atom is 0.320 e. The number of hydrogen-bond donors (Lipinski definition) is 2. The van der Waals surface area contributed by atoms with Crippen LogP contribution in [-0.4, -0.2) is 43.7 Å². The van der Waals surface area contributed by atoms with Crippen molar-refractivity contribution in [1.82, 2.24) is 5.32 Å². The summed E-state index contributed by atoms with van der Waals surface area (Å²) in [6.45, 7) is 0.414. The topological polar surface area (TPSA) is 67.8 Å². The van der Waals surface area contributed by atoms with Crippen LogP contribution in [0, 0.1) is 0 Å². The van der Waals surface area contributed by atoms with Crippen LogP contribution in [0.25, 0.3) is 0 Å². The molecule has 0 aromatic heterocycles. The number of rotatable bonds is 3. The van der Waals surface area contributed by atoms with Crippen LogP contribution in [-0.2, 0) is 14.3 Å². The lowest BCUT2D eigenvalue weighted by molar-refractivity contribution is -0.193. The molecule has 12 heavy (non-hydrogen) atoms. The first kappa shape index (κ1) is 9.44. The number of methoxy groups -OCH3 is 2. The quantitative estimate of drug-likeness (QED) is 0.562. The van der Waals surface area contributed by atoms with Gasteiger partial charge in [0.2, 0.25) is 0 Å². The van der Waals surface area contributed by atoms with Gasteiger partial charge in [-0.2, -0.15) is 0 Å². The minimum Gasteiger partial charge on any atom is -0.480 e. The highest BCUT2D eigenvalue weighted by Crippen LogP contribution is 2.23. The predicted molar refractivity (Wildman–Crippen MR) is 40.8 cm³/mol. The number of carbonyl (C=O) groups is 1. The number of carboxylic acid groups (broad SMARTS) is 1. The summed E-state index contributed by atoms with van der Waals surface area (Å²) in [6, 6.07) is -0.565. The molecule has 0 radical (unpaired) electrons. The van der Waals surface area contributed by atoms with Crippen molar-refractivity contribution in [3.63, 3.8) is 0 Å². The van der Waals surface area contributed by atoms with Gasteiger partial charge in [-0.05, 0) is 0 Å². The molecule has 0 spiro atoms. The Hall–Kier alpha value is -0.650. The van der Waals surface area contributed by atoms with E-state index >= 15 is 0 Å². The van der Waals surface area contributed by atoms with Crippen LogP contribution in [0.3, 0.4) is 0 Å². The maximum atomic E-state index is 10.5. The zero-order valence-electron chi connectivity index (χ0n) is 7.16. The van der Waals surface area contributed by atoms with Gasteiger partial charge in [0, 0.05) is 20.6 Å². The van der Waals surface area contributed by atoms with Gasteiger partial charge in [-0.15, -0.1) is 0 Å². The molecule has 1 rings (SSSR count). The zero-order valence-corrected chi connectivity index (χ0v) is 7.16. The van der Waals surface area contributed by atoms with Crippen molar-refractivity contribution in [2.24, 2.45) is 0 Å². The molecular formula is C7H13NO4. The Labute approximate surface area is 70.7 Å². The second-order valence-corrected chi connectivity index (χ2v) is 2.79. The van der Waals surface area contributed by atoms with Crippen LogP contribution >= 0.6 is 0 Å². The van der Waals surface area contributed by atoms with E-state index in [0.29, 0.717) is 13.0 Å². The molecule has 0 aromatic carbocycles. The third-order valence-electron chi connectivity index (χ3n) is 2.18. The average Bonchev–Trinajstić information content (AvgIpc) is 2.49. The van der Waals surface area contributed by atoms with Crippen LogP contribution in [0.1, 0.15) is 6.42 Å². The van der Waals surface area contributed by atoms with E-state index in [1.807, 2.05) is 0 Å². The van der Waals surface area contributed by atoms with Crippen LogP contribution in [0.5, 0.6) is 0 Å². The van der Waals surface area contributed by atoms with Gasteiger partial charge in [-0.1, -0.05) is 0 Å². The molecule has 1 aliphatic heterocycles. The van der Waals surface area contributed by atoms with Crippen molar-refractivity contribution in [3.8, 4) is 0 Å². The fourth-order valence-electron chi connectivity index (χ4n) is 1.30. The number of hydrogen-bond acceptors (Lipinski definition) is 4. The summed E-state index contributed by atoms with van der Waals surface area (Å²) in [4.78, 5) is 10.5. The summed E-state index contributed by atoms with van der Waals surface area (Å²) in [5.74, 6) is -1.63. The smallest absolute Gasteiger partial charge is 0.320 e. The number of nitrogens with one attached hydrogen (secondary N) is 1. The highest BCUT2D eigenvalue weighted by Gasteiger charge is 2.42. The normalized spacial score (nSPS) is 27.3. The Morgan fingerprint density at radius 3 is 2.42 bits per heavy atom. The maximum absolute atomic E-state index is 10.5. The first-order valence-corrected chi connectivity index (χ1v) is 3.70. The molecule has 1 saturated heterocycles. The summed E-state index contributed by atoms with van der Waals surface area (Å²) < 4.78 is 10.2. The third kappa shape index (κ3) is 1.57. The molecule has 1 heterocycles. The van der Waals surface area contributed by atoms with E-state index in [2.05, 4.69) is 5.32 Å². The molecule has 0 aliphatic carbocycles. The molecule has 0 amide bonds. The van der Waals surface area contributed by atoms with Crippen LogP contribution in [0.2, 0.25) is 0 Å². The molecule has 5 heteroatoms. The Bertz CT molecular complexity index is 178. The molecule has 0 unspecified atom stereocenters. The largest absolute Gasteiger partial charge is 0.480 e. The van der Waals surface area contributed by atoms with Gasteiger partial charge in [0.1, 0.15) is 6.04 Å². The summed E-state index contributed by atoms with van der Waals surface area (Å²) in [7, 11) is 3.02. The van der Waals surface area contributed by atoms with Gasteiger partial charge >= 0.3 is 5.97 Å². The molecule has 1 atom stereocenters. The van der Waals surface area contributed by atoms with Gasteiger partial charge in [0.05, 0.1) is 6.54 Å². The van der Waals surface area contributed by atoms with Gasteiger partial charge in [-0.3, -0.25) is 10.1 Å². The van der Waals surface area contributed by atoms with Crippen molar-refractivity contribution in [3.05, 3.63) is 0 Å². The van der Waals surface area contributed by atoms with Gasteiger partial charge in [0.15, 0.2) is 5.79 Å². The number of carboxylic acids is 1. The predicted octanol–water partition coefficient (Wildman–Crippen LogP) is -0.578. The molecule has 1 fully saturated rings. The van der Waals surface area contributed by atoms with E-state index in [-0.39, 0.29) is 0 Å². The van der Waals surface area contributed by atoms with E-state index in [0.717, 1.165) is 0 Å². The van der Waals surface area contributed by atoms with Crippen molar-refractivity contribution in [2.75, 3.05) is 20.8 Å². The molecule has 70 valence electrons. The second-order valence-electron chi connectivity index (χ2n) is 2.79. The van der Waals surface area contributed by atoms with Crippen molar-refractivity contribution < 1.29 is 19.4 Å². The fourth-order valence-corrected chi connectivity index (χ4v) is 1.30. The third-order valence-corrected chi connectivity index (χ3v) is 2.18. The molecule has 0 aromatic rings. The summed E-state index contributed by atoms with van der Waals surface area (Å²) in [6.07, 6.45) is 0.343. The SMILES string of the molecule is COC1(OC)CN[C@H](C(=O)O)C1. The average molecular weight is 175 g/mol. The van der Waals surface area contributed by atoms with E-state index in [4.69, 9.17) is 14.6 Å². The Kier molecular flexibility index (Phi) is 2.66. The minimum absolute atomic E-state index is 0.343. The van der Waals surface area contributed by atoms with E-state index in [1.54, 1.807) is 0 Å². The Morgan fingerprint density at radius 2 is 2.17 bits per heavy atom. The Balaban J connectivity index is 2.58. The molecule has 0 bridgehead atoms. The van der Waals surface area contributed by atoms with Crippen molar-refractivity contribution in [2.45, 2.75) is 18.2 Å². The molecular weight excluding hydrogens is 162 g/mol. The standard InChI is InChI=1S/C7H13NO4/c1-11-7(12-2)3-5(6(9)10)8-4-7/h5,8H,3-4H2,1-2H3,(H,9,10)/t5-/m0/s1. The van der Waals surface area contributed by atoms with Gasteiger partial charge in [0.25, 0.3) is 0 Å². The lowest BCUT2D eigenvalue weighted by Gasteiger charge is -2.24. The van der Waals surface area contributed by atoms with Crippen LogP contribution < -0.4 is 5.32 Å². The van der Waals surface area contributed by atoms with Crippen molar-refractivity contribution >= 4 is 5.97 Å². The molecule has 2 N–H and O–H groups in total. The highest BCUT2D eigenvalue weighted by molar-refractivity contribution is 5.74. The summed E-state index contributed by atoms with van der Waals surface area (Å²) in [5.41, 5.74) is 0. The van der Waals surface area contributed by atoms with Crippen LogP contribution in [0.15, 0.2) is 0 Å². The first-order valence-electron chi connectivity index (χ1n) is 3.70. The van der Waals surface area contributed by atoms with Crippen molar-refractivity contribution in [1.29, 1.82) is 0 Å². The Morgan fingerprint density at radius 1 is 1.58 bits per heavy atom. The van der Waals surface area contributed by atoms with E-state index < -0.39 is 17.8 Å². The van der Waals surface area contributed by atoms with E-state index in [1.165, 1.54) is 14.2 Å². The fraction of sp³-hybridized carbons (Fsp3) is 0.857. The lowest BCUT2D eigenvalue weighted by Crippen LogP contribution is -2.35. The minimum atomic E-state index is -0.869. The second kappa shape index (κ2) is 3.38.